The molecule has 0 radical (unpaired) electrons. The summed E-state index contributed by atoms with van der Waals surface area (Å²) in [6.45, 7) is 2.15. The zero-order valence-electron chi connectivity index (χ0n) is 11.7. The molecule has 1 aromatic carbocycles. The molecular weight excluding hydrogens is 278 g/mol. The lowest BCUT2D eigenvalue weighted by Gasteiger charge is -2.17. The van der Waals surface area contributed by atoms with E-state index in [0.29, 0.717) is 11.8 Å². The summed E-state index contributed by atoms with van der Waals surface area (Å²) in [7, 11) is 0. The third-order valence-electron chi connectivity index (χ3n) is 4.24. The van der Waals surface area contributed by atoms with Gasteiger partial charge in [0.15, 0.2) is 0 Å². The molecule has 1 N–H and O–H groups in total. The molecule has 4 rings (SSSR count). The van der Waals surface area contributed by atoms with Gasteiger partial charge in [-0.3, -0.25) is 4.98 Å². The van der Waals surface area contributed by atoms with E-state index in [1.807, 2.05) is 12.4 Å². The minimum Gasteiger partial charge on any atom is -0.316 e. The van der Waals surface area contributed by atoms with E-state index in [2.05, 4.69) is 46.7 Å². The maximum atomic E-state index is 4.73. The molecular formula is C17H17N3S. The Balaban J connectivity index is 1.58. The van der Waals surface area contributed by atoms with Crippen molar-refractivity contribution in [3.05, 3.63) is 59.4 Å². The van der Waals surface area contributed by atoms with Crippen LogP contribution in [0.1, 0.15) is 16.5 Å². The number of pyridine rings is 1. The van der Waals surface area contributed by atoms with Gasteiger partial charge in [0.25, 0.3) is 0 Å². The molecule has 4 heteroatoms. The molecule has 0 aliphatic carbocycles. The topological polar surface area (TPSA) is 37.8 Å². The largest absolute Gasteiger partial charge is 0.316 e. The predicted octanol–water partition coefficient (Wildman–Crippen LogP) is 3.24. The minimum absolute atomic E-state index is 0.594. The maximum Gasteiger partial charge on any atom is 0.0998 e. The lowest BCUT2D eigenvalue weighted by atomic mass is 9.87. The Morgan fingerprint density at radius 2 is 2.05 bits per heavy atom. The fourth-order valence-electron chi connectivity index (χ4n) is 3.18. The van der Waals surface area contributed by atoms with E-state index < -0.39 is 0 Å². The predicted molar refractivity (Wildman–Crippen MR) is 86.7 cm³/mol. The maximum absolute atomic E-state index is 4.73. The molecule has 1 saturated heterocycles. The first-order valence-electron chi connectivity index (χ1n) is 7.35. The van der Waals surface area contributed by atoms with Crippen molar-refractivity contribution in [2.75, 3.05) is 13.1 Å². The number of thiazole rings is 1. The quantitative estimate of drug-likeness (QED) is 0.806. The molecule has 1 fully saturated rings. The lowest BCUT2D eigenvalue weighted by molar-refractivity contribution is 0.516. The smallest absolute Gasteiger partial charge is 0.0998 e. The van der Waals surface area contributed by atoms with Crippen molar-refractivity contribution in [3.8, 4) is 0 Å². The third kappa shape index (κ3) is 2.57. The summed E-state index contributed by atoms with van der Waals surface area (Å²) in [6.07, 6.45) is 4.75. The van der Waals surface area contributed by atoms with Gasteiger partial charge in [0, 0.05) is 25.1 Å². The van der Waals surface area contributed by atoms with Crippen LogP contribution in [0.5, 0.6) is 0 Å². The van der Waals surface area contributed by atoms with Crippen LogP contribution >= 0.6 is 11.3 Å². The highest BCUT2D eigenvalue weighted by Crippen LogP contribution is 2.32. The molecule has 21 heavy (non-hydrogen) atoms. The number of hydrogen-bond acceptors (Lipinski definition) is 4. The van der Waals surface area contributed by atoms with E-state index in [1.54, 1.807) is 11.3 Å². The molecule has 3 heterocycles. The van der Waals surface area contributed by atoms with Crippen molar-refractivity contribution in [1.82, 2.24) is 15.3 Å². The number of nitrogens with one attached hydrogen (secondary N) is 1. The third-order valence-corrected chi connectivity index (χ3v) is 5.30. The van der Waals surface area contributed by atoms with E-state index in [-0.39, 0.29) is 0 Å². The Morgan fingerprint density at radius 1 is 1.14 bits per heavy atom. The number of nitrogens with zero attached hydrogens (tertiary/aromatic N) is 2. The van der Waals surface area contributed by atoms with Gasteiger partial charge in [0.05, 0.1) is 21.4 Å². The van der Waals surface area contributed by atoms with Gasteiger partial charge in [-0.2, -0.15) is 0 Å². The molecule has 0 saturated carbocycles. The highest BCUT2D eigenvalue weighted by molar-refractivity contribution is 7.18. The zero-order chi connectivity index (χ0) is 14.1. The van der Waals surface area contributed by atoms with E-state index in [1.165, 1.54) is 15.3 Å². The van der Waals surface area contributed by atoms with Gasteiger partial charge < -0.3 is 5.32 Å². The van der Waals surface area contributed by atoms with Crippen molar-refractivity contribution in [3.63, 3.8) is 0 Å². The standard InChI is InChI=1S/C17H17N3S/c1-2-4-12(5-3-1)14-10-19-9-13(14)8-17-20-15-11-18-7-6-16(15)21-17/h1-7,11,13-14,19H,8-10H2/t13-,14+/m0/s1. The van der Waals surface area contributed by atoms with Gasteiger partial charge in [-0.25, -0.2) is 4.98 Å². The van der Waals surface area contributed by atoms with Crippen LogP contribution < -0.4 is 5.32 Å². The summed E-state index contributed by atoms with van der Waals surface area (Å²) in [5.41, 5.74) is 2.47. The molecule has 0 bridgehead atoms. The van der Waals surface area contributed by atoms with E-state index >= 15 is 0 Å². The van der Waals surface area contributed by atoms with Crippen molar-refractivity contribution < 1.29 is 0 Å². The van der Waals surface area contributed by atoms with E-state index in [4.69, 9.17) is 4.98 Å². The number of hydrogen-bond donors (Lipinski definition) is 1. The Labute approximate surface area is 128 Å². The normalized spacial score (nSPS) is 21.9. The van der Waals surface area contributed by atoms with Crippen LogP contribution in [0, 0.1) is 5.92 Å². The van der Waals surface area contributed by atoms with Crippen LogP contribution in [0.3, 0.4) is 0 Å². The molecule has 2 aromatic heterocycles. The van der Waals surface area contributed by atoms with Gasteiger partial charge in [0.2, 0.25) is 0 Å². The average Bonchev–Trinajstić information content (AvgIpc) is 3.14. The summed E-state index contributed by atoms with van der Waals surface area (Å²) in [6, 6.07) is 12.9. The van der Waals surface area contributed by atoms with Gasteiger partial charge >= 0.3 is 0 Å². The van der Waals surface area contributed by atoms with Crippen molar-refractivity contribution >= 4 is 21.6 Å². The first-order chi connectivity index (χ1) is 10.4. The summed E-state index contributed by atoms with van der Waals surface area (Å²) < 4.78 is 1.24. The van der Waals surface area contributed by atoms with Gasteiger partial charge in [0.1, 0.15) is 0 Å². The summed E-state index contributed by atoms with van der Waals surface area (Å²) in [5.74, 6) is 1.22. The second kappa shape index (κ2) is 5.54. The molecule has 2 atom stereocenters. The van der Waals surface area contributed by atoms with E-state index in [0.717, 1.165) is 25.0 Å². The fourth-order valence-corrected chi connectivity index (χ4v) is 4.20. The van der Waals surface area contributed by atoms with Crippen LogP contribution in [0.25, 0.3) is 10.2 Å². The SMILES string of the molecule is c1ccc([C@H]2CNC[C@@H]2Cc2nc3cnccc3s2)cc1. The lowest BCUT2D eigenvalue weighted by Crippen LogP contribution is -2.13. The van der Waals surface area contributed by atoms with Crippen LogP contribution in [-0.2, 0) is 6.42 Å². The summed E-state index contributed by atoms with van der Waals surface area (Å²) in [4.78, 5) is 8.88. The minimum atomic E-state index is 0.594. The number of fused-ring (bicyclic) bond motifs is 1. The van der Waals surface area contributed by atoms with Crippen LogP contribution in [0.4, 0.5) is 0 Å². The molecule has 106 valence electrons. The fraction of sp³-hybridized carbons (Fsp3) is 0.294. The van der Waals surface area contributed by atoms with Crippen LogP contribution in [0.2, 0.25) is 0 Å². The number of aromatic nitrogens is 2. The Morgan fingerprint density at radius 3 is 2.90 bits per heavy atom. The van der Waals surface area contributed by atoms with Gasteiger partial charge in [-0.05, 0) is 24.1 Å². The Hall–Kier alpha value is -1.78. The van der Waals surface area contributed by atoms with Crippen molar-refractivity contribution in [2.45, 2.75) is 12.3 Å². The molecule has 0 unspecified atom stereocenters. The monoisotopic (exact) mass is 295 g/mol. The Bertz CT molecular complexity index is 705. The highest BCUT2D eigenvalue weighted by atomic mass is 32.1. The second-order valence-electron chi connectivity index (χ2n) is 5.59. The number of benzene rings is 1. The van der Waals surface area contributed by atoms with Crippen LogP contribution in [0.15, 0.2) is 48.8 Å². The second-order valence-corrected chi connectivity index (χ2v) is 6.71. The zero-order valence-corrected chi connectivity index (χ0v) is 12.5. The summed E-state index contributed by atoms with van der Waals surface area (Å²) in [5, 5.41) is 4.77. The number of rotatable bonds is 3. The van der Waals surface area contributed by atoms with Crippen molar-refractivity contribution in [1.29, 1.82) is 0 Å². The molecule has 3 aromatic rings. The first kappa shape index (κ1) is 12.9. The molecule has 0 amide bonds. The molecule has 1 aliphatic heterocycles. The van der Waals surface area contributed by atoms with Crippen molar-refractivity contribution in [2.24, 2.45) is 5.92 Å². The van der Waals surface area contributed by atoms with Crippen LogP contribution in [-0.4, -0.2) is 23.1 Å². The Kier molecular flexibility index (Phi) is 3.41. The highest BCUT2D eigenvalue weighted by Gasteiger charge is 2.29. The molecule has 0 spiro atoms. The van der Waals surface area contributed by atoms with E-state index in [9.17, 15) is 0 Å². The average molecular weight is 295 g/mol. The summed E-state index contributed by atoms with van der Waals surface area (Å²) >= 11 is 1.80. The van der Waals surface area contributed by atoms with Gasteiger partial charge in [-0.1, -0.05) is 30.3 Å². The van der Waals surface area contributed by atoms with Gasteiger partial charge in [-0.15, -0.1) is 11.3 Å². The first-order valence-corrected chi connectivity index (χ1v) is 8.17. The molecule has 1 aliphatic rings. The molecule has 3 nitrogen and oxygen atoms in total.